The molecule has 17 heavy (non-hydrogen) atoms. The Morgan fingerprint density at radius 3 is 2.06 bits per heavy atom. The Morgan fingerprint density at radius 1 is 1.24 bits per heavy atom. The minimum Gasteiger partial charge on any atom is -0.459 e. The van der Waals surface area contributed by atoms with E-state index in [0.29, 0.717) is 5.57 Å². The quantitative estimate of drug-likeness (QED) is 0.510. The molecule has 100 valence electrons. The molecule has 0 aromatic heterocycles. The number of rotatable bonds is 6. The molecule has 0 aliphatic rings. The Morgan fingerprint density at radius 2 is 1.71 bits per heavy atom. The normalized spacial score (nSPS) is 14.3. The van der Waals surface area contributed by atoms with Crippen molar-refractivity contribution in [1.82, 2.24) is 0 Å². The summed E-state index contributed by atoms with van der Waals surface area (Å²) in [6.07, 6.45) is 1.91. The summed E-state index contributed by atoms with van der Waals surface area (Å²) in [4.78, 5) is 11.4. The van der Waals surface area contributed by atoms with Gasteiger partial charge in [-0.15, -0.1) is 0 Å². The summed E-state index contributed by atoms with van der Waals surface area (Å²) in [5.41, 5.74) is 0.831. The van der Waals surface area contributed by atoms with Crippen LogP contribution in [0.4, 0.5) is 0 Å². The third-order valence-electron chi connectivity index (χ3n) is 4.17. The van der Waals surface area contributed by atoms with Crippen LogP contribution >= 0.6 is 0 Å². The molecule has 0 radical (unpaired) electrons. The molecule has 0 saturated carbocycles. The highest BCUT2D eigenvalue weighted by atomic mass is 16.5. The highest BCUT2D eigenvalue weighted by molar-refractivity contribution is 5.87. The maximum atomic E-state index is 11.4. The fourth-order valence-corrected chi connectivity index (χ4v) is 1.80. The van der Waals surface area contributed by atoms with E-state index in [-0.39, 0.29) is 22.9 Å². The van der Waals surface area contributed by atoms with E-state index >= 15 is 0 Å². The third kappa shape index (κ3) is 4.53. The zero-order valence-corrected chi connectivity index (χ0v) is 12.5. The lowest BCUT2D eigenvalue weighted by atomic mass is 9.64. The Labute approximate surface area is 106 Å². The maximum Gasteiger partial charge on any atom is 0.333 e. The molecule has 1 unspecified atom stereocenters. The molecular weight excluding hydrogens is 212 g/mol. The van der Waals surface area contributed by atoms with Crippen molar-refractivity contribution >= 4 is 5.97 Å². The molecule has 0 bridgehead atoms. The zero-order chi connectivity index (χ0) is 13.9. The molecule has 0 aromatic carbocycles. The zero-order valence-electron chi connectivity index (χ0n) is 12.5. The fraction of sp³-hybridized carbons (Fsp3) is 0.800. The van der Waals surface area contributed by atoms with Crippen LogP contribution in [-0.2, 0) is 9.53 Å². The SMILES string of the molecule is C=C(C)C(=O)OC(C)CC(C)(C)C(C)(C)CC. The molecule has 0 amide bonds. The van der Waals surface area contributed by atoms with Crippen LogP contribution in [0.1, 0.15) is 61.3 Å². The number of carbonyl (C=O) groups is 1. The minimum absolute atomic E-state index is 0.0694. The topological polar surface area (TPSA) is 26.3 Å². The molecule has 2 nitrogen and oxygen atoms in total. The van der Waals surface area contributed by atoms with Gasteiger partial charge in [-0.25, -0.2) is 4.79 Å². The second-order valence-corrected chi connectivity index (χ2v) is 6.32. The van der Waals surface area contributed by atoms with E-state index in [0.717, 1.165) is 12.8 Å². The molecule has 0 aliphatic heterocycles. The van der Waals surface area contributed by atoms with E-state index in [9.17, 15) is 4.79 Å². The first-order valence-electron chi connectivity index (χ1n) is 6.40. The summed E-state index contributed by atoms with van der Waals surface area (Å²) < 4.78 is 5.35. The predicted molar refractivity (Wildman–Crippen MR) is 72.8 cm³/mol. The van der Waals surface area contributed by atoms with Gasteiger partial charge >= 0.3 is 5.97 Å². The van der Waals surface area contributed by atoms with Gasteiger partial charge in [0.15, 0.2) is 0 Å². The number of esters is 1. The van der Waals surface area contributed by atoms with Gasteiger partial charge in [-0.05, 0) is 31.1 Å². The molecule has 0 saturated heterocycles. The lowest BCUT2D eigenvalue weighted by Gasteiger charge is -2.42. The van der Waals surface area contributed by atoms with Crippen LogP contribution in [0.3, 0.4) is 0 Å². The summed E-state index contributed by atoms with van der Waals surface area (Å²) in [7, 11) is 0. The van der Waals surface area contributed by atoms with Crippen LogP contribution in [0, 0.1) is 10.8 Å². The van der Waals surface area contributed by atoms with Gasteiger partial charge in [0.2, 0.25) is 0 Å². The monoisotopic (exact) mass is 240 g/mol. The molecular formula is C15H28O2. The first kappa shape index (κ1) is 16.2. The van der Waals surface area contributed by atoms with E-state index < -0.39 is 0 Å². The van der Waals surface area contributed by atoms with Crippen molar-refractivity contribution in [3.63, 3.8) is 0 Å². The lowest BCUT2D eigenvalue weighted by molar-refractivity contribution is -0.145. The minimum atomic E-state index is -0.289. The molecule has 0 N–H and O–H groups in total. The van der Waals surface area contributed by atoms with E-state index in [1.165, 1.54) is 0 Å². The molecule has 0 rings (SSSR count). The largest absolute Gasteiger partial charge is 0.459 e. The Hall–Kier alpha value is -0.790. The fourth-order valence-electron chi connectivity index (χ4n) is 1.80. The number of hydrogen-bond donors (Lipinski definition) is 0. The van der Waals surface area contributed by atoms with Crippen LogP contribution in [0.15, 0.2) is 12.2 Å². The van der Waals surface area contributed by atoms with Crippen molar-refractivity contribution in [2.45, 2.75) is 67.4 Å². The molecule has 0 fully saturated rings. The third-order valence-corrected chi connectivity index (χ3v) is 4.17. The average Bonchev–Trinajstić information content (AvgIpc) is 2.15. The first-order chi connectivity index (χ1) is 7.53. The van der Waals surface area contributed by atoms with Crippen LogP contribution in [0.2, 0.25) is 0 Å². The molecule has 0 aromatic rings. The summed E-state index contributed by atoms with van der Waals surface area (Å²) in [5, 5.41) is 0. The van der Waals surface area contributed by atoms with Crippen LogP contribution in [0.25, 0.3) is 0 Å². The average molecular weight is 240 g/mol. The molecule has 0 spiro atoms. The Kier molecular flexibility index (Phi) is 5.44. The maximum absolute atomic E-state index is 11.4. The van der Waals surface area contributed by atoms with E-state index in [2.05, 4.69) is 41.2 Å². The molecule has 1 atom stereocenters. The van der Waals surface area contributed by atoms with E-state index in [4.69, 9.17) is 4.74 Å². The summed E-state index contributed by atoms with van der Waals surface area (Å²) in [6, 6.07) is 0. The molecule has 0 aliphatic carbocycles. The second-order valence-electron chi connectivity index (χ2n) is 6.32. The van der Waals surface area contributed by atoms with Crippen molar-refractivity contribution in [3.8, 4) is 0 Å². The van der Waals surface area contributed by atoms with Crippen LogP contribution < -0.4 is 0 Å². The molecule has 2 heteroatoms. The smallest absolute Gasteiger partial charge is 0.333 e. The standard InChI is InChI=1S/C15H28O2/c1-9-14(5,6)15(7,8)10-12(4)17-13(16)11(2)3/h12H,2,9-10H2,1,3-8H3. The van der Waals surface area contributed by atoms with Gasteiger partial charge < -0.3 is 4.74 Å². The van der Waals surface area contributed by atoms with Gasteiger partial charge in [0.1, 0.15) is 0 Å². The summed E-state index contributed by atoms with van der Waals surface area (Å²) in [5.74, 6) is -0.289. The Balaban J connectivity index is 4.52. The highest BCUT2D eigenvalue weighted by Gasteiger charge is 2.37. The van der Waals surface area contributed by atoms with E-state index in [1.54, 1.807) is 6.92 Å². The van der Waals surface area contributed by atoms with Gasteiger partial charge in [-0.2, -0.15) is 0 Å². The van der Waals surface area contributed by atoms with E-state index in [1.807, 2.05) is 6.92 Å². The first-order valence-corrected chi connectivity index (χ1v) is 6.40. The lowest BCUT2D eigenvalue weighted by Crippen LogP contribution is -2.35. The highest BCUT2D eigenvalue weighted by Crippen LogP contribution is 2.44. The van der Waals surface area contributed by atoms with Crippen LogP contribution in [-0.4, -0.2) is 12.1 Å². The number of hydrogen-bond acceptors (Lipinski definition) is 2. The van der Waals surface area contributed by atoms with Crippen molar-refractivity contribution in [2.75, 3.05) is 0 Å². The predicted octanol–water partition coefficient (Wildman–Crippen LogP) is 4.35. The second kappa shape index (κ2) is 5.70. The van der Waals surface area contributed by atoms with Crippen molar-refractivity contribution < 1.29 is 9.53 Å². The van der Waals surface area contributed by atoms with Crippen molar-refractivity contribution in [1.29, 1.82) is 0 Å². The van der Waals surface area contributed by atoms with Gasteiger partial charge in [0.05, 0.1) is 6.10 Å². The van der Waals surface area contributed by atoms with Crippen LogP contribution in [0.5, 0.6) is 0 Å². The van der Waals surface area contributed by atoms with Gasteiger partial charge in [-0.1, -0.05) is 47.6 Å². The number of ether oxygens (including phenoxy) is 1. The Bertz CT molecular complexity index is 287. The summed E-state index contributed by atoms with van der Waals surface area (Å²) in [6.45, 7) is 18.4. The van der Waals surface area contributed by atoms with Gasteiger partial charge in [0, 0.05) is 5.57 Å². The van der Waals surface area contributed by atoms with Crippen molar-refractivity contribution in [2.24, 2.45) is 10.8 Å². The van der Waals surface area contributed by atoms with Crippen molar-refractivity contribution in [3.05, 3.63) is 12.2 Å². The van der Waals surface area contributed by atoms with Gasteiger partial charge in [-0.3, -0.25) is 0 Å². The summed E-state index contributed by atoms with van der Waals surface area (Å²) >= 11 is 0. The molecule has 0 heterocycles. The number of carbonyl (C=O) groups excluding carboxylic acids is 1. The van der Waals surface area contributed by atoms with Gasteiger partial charge in [0.25, 0.3) is 0 Å².